The third-order valence-corrected chi connectivity index (χ3v) is 4.07. The molecule has 0 fully saturated rings. The Morgan fingerprint density at radius 2 is 1.58 bits per heavy atom. The number of hydrogen-bond acceptors (Lipinski definition) is 2. The minimum atomic E-state index is -0.121. The smallest absolute Gasteiger partial charge is 0.229 e. The topological polar surface area (TPSA) is 49.4 Å². The van der Waals surface area contributed by atoms with E-state index in [-0.39, 0.29) is 18.2 Å². The first-order chi connectivity index (χ1) is 12.6. The quantitative estimate of drug-likeness (QED) is 0.899. The molecule has 3 rings (SSSR count). The first kappa shape index (κ1) is 19.4. The van der Waals surface area contributed by atoms with E-state index in [1.165, 1.54) is 6.92 Å². The van der Waals surface area contributed by atoms with Crippen molar-refractivity contribution in [2.75, 3.05) is 11.4 Å². The van der Waals surface area contributed by atoms with Crippen LogP contribution in [0.2, 0.25) is 0 Å². The van der Waals surface area contributed by atoms with Gasteiger partial charge in [0.25, 0.3) is 0 Å². The standard InChI is InChI=1S/C20H20N2O2.C2H6/c1-15(23)21-13-12-20(24)22-14-18-8-3-2-6-16(18)10-11-17-7-4-5-9-19(17)22;1-2/h2-11H,12-14H2,1H3,(H,21,23);1-2H3/b11-10-;. The molecule has 2 aromatic rings. The first-order valence-electron chi connectivity index (χ1n) is 9.05. The average Bonchev–Trinajstić information content (AvgIpc) is 2.65. The number of nitrogens with zero attached hydrogens (tertiary/aromatic N) is 1. The van der Waals surface area contributed by atoms with Crippen LogP contribution in [0.1, 0.15) is 43.9 Å². The monoisotopic (exact) mass is 350 g/mol. The van der Waals surface area contributed by atoms with Crippen LogP contribution < -0.4 is 10.2 Å². The number of anilines is 1. The Balaban J connectivity index is 0.00000117. The summed E-state index contributed by atoms with van der Waals surface area (Å²) in [5.41, 5.74) is 4.14. The van der Waals surface area contributed by atoms with Gasteiger partial charge in [-0.1, -0.05) is 68.5 Å². The molecule has 0 saturated heterocycles. The van der Waals surface area contributed by atoms with E-state index in [1.807, 2.05) is 62.4 Å². The molecule has 4 nitrogen and oxygen atoms in total. The van der Waals surface area contributed by atoms with Gasteiger partial charge in [0.2, 0.25) is 11.8 Å². The van der Waals surface area contributed by atoms with Crippen molar-refractivity contribution >= 4 is 29.7 Å². The second-order valence-corrected chi connectivity index (χ2v) is 5.80. The molecule has 2 amide bonds. The molecular weight excluding hydrogens is 324 g/mol. The summed E-state index contributed by atoms with van der Waals surface area (Å²) in [5, 5.41) is 2.69. The Labute approximate surface area is 155 Å². The maximum absolute atomic E-state index is 12.8. The summed E-state index contributed by atoms with van der Waals surface area (Å²) in [7, 11) is 0. The van der Waals surface area contributed by atoms with Crippen LogP contribution in [0.3, 0.4) is 0 Å². The number of nitrogens with one attached hydrogen (secondary N) is 1. The van der Waals surface area contributed by atoms with E-state index < -0.39 is 0 Å². The summed E-state index contributed by atoms with van der Waals surface area (Å²) < 4.78 is 0. The molecule has 0 spiro atoms. The number of rotatable bonds is 3. The van der Waals surface area contributed by atoms with Gasteiger partial charge in [0.05, 0.1) is 12.2 Å². The molecule has 0 unspecified atom stereocenters. The van der Waals surface area contributed by atoms with Gasteiger partial charge in [-0.15, -0.1) is 0 Å². The highest BCUT2D eigenvalue weighted by Crippen LogP contribution is 2.29. The van der Waals surface area contributed by atoms with Crippen LogP contribution >= 0.6 is 0 Å². The van der Waals surface area contributed by atoms with Crippen LogP contribution in [0, 0.1) is 0 Å². The summed E-state index contributed by atoms with van der Waals surface area (Å²) in [4.78, 5) is 25.6. The van der Waals surface area contributed by atoms with Crippen LogP contribution in [0.5, 0.6) is 0 Å². The van der Waals surface area contributed by atoms with Gasteiger partial charge in [-0.05, 0) is 22.8 Å². The van der Waals surface area contributed by atoms with Crippen LogP contribution in [-0.4, -0.2) is 18.4 Å². The predicted molar refractivity (Wildman–Crippen MR) is 108 cm³/mol. The van der Waals surface area contributed by atoms with Crippen molar-refractivity contribution in [2.24, 2.45) is 0 Å². The molecule has 1 aliphatic rings. The Morgan fingerprint density at radius 1 is 0.962 bits per heavy atom. The van der Waals surface area contributed by atoms with Crippen LogP contribution in [-0.2, 0) is 16.1 Å². The third kappa shape index (κ3) is 4.82. The fraction of sp³-hybridized carbons (Fsp3) is 0.273. The molecule has 0 saturated carbocycles. The number of para-hydroxylation sites is 1. The number of fused-ring (bicyclic) bond motifs is 2. The van der Waals surface area contributed by atoms with Crippen LogP contribution in [0.15, 0.2) is 48.5 Å². The van der Waals surface area contributed by atoms with E-state index in [9.17, 15) is 9.59 Å². The normalized spacial score (nSPS) is 13.1. The van der Waals surface area contributed by atoms with E-state index in [4.69, 9.17) is 0 Å². The van der Waals surface area contributed by atoms with Gasteiger partial charge >= 0.3 is 0 Å². The molecule has 0 aromatic heterocycles. The molecule has 0 bridgehead atoms. The lowest BCUT2D eigenvalue weighted by Crippen LogP contribution is -2.34. The van der Waals surface area contributed by atoms with E-state index >= 15 is 0 Å². The molecule has 136 valence electrons. The molecule has 0 atom stereocenters. The molecule has 1 N–H and O–H groups in total. The second kappa shape index (κ2) is 9.56. The fourth-order valence-electron chi connectivity index (χ4n) is 2.85. The second-order valence-electron chi connectivity index (χ2n) is 5.80. The molecule has 26 heavy (non-hydrogen) atoms. The Kier molecular flexibility index (Phi) is 7.15. The van der Waals surface area contributed by atoms with Crippen molar-refractivity contribution < 1.29 is 9.59 Å². The molecule has 1 heterocycles. The fourth-order valence-corrected chi connectivity index (χ4v) is 2.85. The summed E-state index contributed by atoms with van der Waals surface area (Å²) in [6.07, 6.45) is 4.41. The van der Waals surface area contributed by atoms with Gasteiger partial charge in [0.1, 0.15) is 0 Å². The lowest BCUT2D eigenvalue weighted by Gasteiger charge is -2.27. The van der Waals surface area contributed by atoms with E-state index in [1.54, 1.807) is 4.90 Å². The van der Waals surface area contributed by atoms with Crippen molar-refractivity contribution in [1.82, 2.24) is 5.32 Å². The van der Waals surface area contributed by atoms with Gasteiger partial charge < -0.3 is 10.2 Å². The van der Waals surface area contributed by atoms with Crippen molar-refractivity contribution in [3.8, 4) is 0 Å². The largest absolute Gasteiger partial charge is 0.356 e. The minimum Gasteiger partial charge on any atom is -0.356 e. The van der Waals surface area contributed by atoms with E-state index in [0.29, 0.717) is 13.1 Å². The van der Waals surface area contributed by atoms with Crippen LogP contribution in [0.4, 0.5) is 5.69 Å². The van der Waals surface area contributed by atoms with Gasteiger partial charge in [-0.2, -0.15) is 0 Å². The maximum Gasteiger partial charge on any atom is 0.229 e. The minimum absolute atomic E-state index is 0.00121. The van der Waals surface area contributed by atoms with Gasteiger partial charge in [0, 0.05) is 19.9 Å². The number of benzene rings is 2. The molecule has 0 radical (unpaired) electrons. The van der Waals surface area contributed by atoms with Gasteiger partial charge in [0.15, 0.2) is 0 Å². The lowest BCUT2D eigenvalue weighted by molar-refractivity contribution is -0.120. The predicted octanol–water partition coefficient (Wildman–Crippen LogP) is 4.26. The Bertz CT molecular complexity index is 796. The highest BCUT2D eigenvalue weighted by atomic mass is 16.2. The number of carbonyl (C=O) groups is 2. The summed E-state index contributed by atoms with van der Waals surface area (Å²) in [6.45, 7) is 6.33. The van der Waals surface area contributed by atoms with Gasteiger partial charge in [-0.3, -0.25) is 9.59 Å². The zero-order chi connectivity index (χ0) is 18.9. The SMILES string of the molecule is CC.CC(=O)NCCC(=O)N1Cc2ccccc2/C=C\c2ccccc21. The highest BCUT2D eigenvalue weighted by molar-refractivity contribution is 5.97. The maximum atomic E-state index is 12.8. The molecule has 0 aliphatic carbocycles. The van der Waals surface area contributed by atoms with Gasteiger partial charge in [-0.25, -0.2) is 0 Å². The zero-order valence-electron chi connectivity index (χ0n) is 15.7. The summed E-state index contributed by atoms with van der Waals surface area (Å²) in [5.74, 6) is -0.120. The first-order valence-corrected chi connectivity index (χ1v) is 9.05. The van der Waals surface area contributed by atoms with Crippen molar-refractivity contribution in [3.05, 3.63) is 65.2 Å². The van der Waals surface area contributed by atoms with Crippen molar-refractivity contribution in [3.63, 3.8) is 0 Å². The number of carbonyl (C=O) groups excluding carboxylic acids is 2. The summed E-state index contributed by atoms with van der Waals surface area (Å²) >= 11 is 0. The molecule has 1 aliphatic heterocycles. The molecular formula is C22H26N2O2. The molecule has 2 aromatic carbocycles. The summed E-state index contributed by atoms with van der Waals surface area (Å²) in [6, 6.07) is 16.0. The third-order valence-electron chi connectivity index (χ3n) is 4.07. The zero-order valence-corrected chi connectivity index (χ0v) is 15.7. The average molecular weight is 350 g/mol. The number of amides is 2. The Morgan fingerprint density at radius 3 is 2.31 bits per heavy atom. The highest BCUT2D eigenvalue weighted by Gasteiger charge is 2.20. The van der Waals surface area contributed by atoms with Crippen molar-refractivity contribution in [2.45, 2.75) is 33.7 Å². The van der Waals surface area contributed by atoms with E-state index in [2.05, 4.69) is 17.5 Å². The van der Waals surface area contributed by atoms with Crippen molar-refractivity contribution in [1.29, 1.82) is 0 Å². The van der Waals surface area contributed by atoms with Crippen LogP contribution in [0.25, 0.3) is 12.2 Å². The van der Waals surface area contributed by atoms with E-state index in [0.717, 1.165) is 22.4 Å². The molecule has 4 heteroatoms. The lowest BCUT2D eigenvalue weighted by atomic mass is 10.0. The number of hydrogen-bond donors (Lipinski definition) is 1. The Hall–Kier alpha value is -2.88.